The fraction of sp³-hybridized carbons (Fsp3) is 0.368. The van der Waals surface area contributed by atoms with E-state index < -0.39 is 5.97 Å². The Morgan fingerprint density at radius 3 is 2.36 bits per heavy atom. The van der Waals surface area contributed by atoms with Crippen molar-refractivity contribution < 1.29 is 23.1 Å². The first-order valence-electron chi connectivity index (χ1n) is 8.44. The number of amides is 1. The SMILES string of the molecule is O=C(OCC(=O)N1CCCCCC1)c1ccc(-c2ccc(F)cc2)o1. The standard InChI is InChI=1S/C19H20FNO4/c20-15-7-5-14(6-8-15)16-9-10-17(25-16)19(23)24-13-18(22)21-11-3-1-2-4-12-21/h5-10H,1-4,11-13H2. The van der Waals surface area contributed by atoms with Gasteiger partial charge in [0.1, 0.15) is 11.6 Å². The van der Waals surface area contributed by atoms with Gasteiger partial charge in [0.25, 0.3) is 5.91 Å². The molecule has 0 N–H and O–H groups in total. The topological polar surface area (TPSA) is 59.8 Å². The van der Waals surface area contributed by atoms with Crippen molar-refractivity contribution in [1.29, 1.82) is 0 Å². The molecule has 1 aliphatic heterocycles. The summed E-state index contributed by atoms with van der Waals surface area (Å²) < 4.78 is 23.5. The first-order valence-corrected chi connectivity index (χ1v) is 8.44. The van der Waals surface area contributed by atoms with Gasteiger partial charge in [-0.25, -0.2) is 9.18 Å². The normalized spacial score (nSPS) is 14.8. The van der Waals surface area contributed by atoms with E-state index in [2.05, 4.69) is 0 Å². The molecule has 0 saturated carbocycles. The van der Waals surface area contributed by atoms with E-state index in [-0.39, 0.29) is 24.1 Å². The summed E-state index contributed by atoms with van der Waals surface area (Å²) in [4.78, 5) is 25.9. The summed E-state index contributed by atoms with van der Waals surface area (Å²) in [5.74, 6) is -0.757. The van der Waals surface area contributed by atoms with Gasteiger partial charge < -0.3 is 14.1 Å². The van der Waals surface area contributed by atoms with Crippen LogP contribution in [-0.4, -0.2) is 36.5 Å². The summed E-state index contributed by atoms with van der Waals surface area (Å²) in [6, 6.07) is 8.85. The van der Waals surface area contributed by atoms with Gasteiger partial charge in [0.15, 0.2) is 6.61 Å². The molecule has 1 saturated heterocycles. The molecule has 132 valence electrons. The second-order valence-corrected chi connectivity index (χ2v) is 6.04. The van der Waals surface area contributed by atoms with Crippen molar-refractivity contribution >= 4 is 11.9 Å². The summed E-state index contributed by atoms with van der Waals surface area (Å²) in [6.07, 6.45) is 4.22. The van der Waals surface area contributed by atoms with Crippen molar-refractivity contribution in [2.75, 3.05) is 19.7 Å². The van der Waals surface area contributed by atoms with Gasteiger partial charge in [0.2, 0.25) is 5.76 Å². The molecule has 6 heteroatoms. The Labute approximate surface area is 145 Å². The number of halogens is 1. The largest absolute Gasteiger partial charge is 0.450 e. The van der Waals surface area contributed by atoms with Crippen LogP contribution in [0.2, 0.25) is 0 Å². The van der Waals surface area contributed by atoms with E-state index in [0.29, 0.717) is 24.4 Å². The van der Waals surface area contributed by atoms with Crippen molar-refractivity contribution in [2.45, 2.75) is 25.7 Å². The maximum atomic E-state index is 13.0. The molecule has 5 nitrogen and oxygen atoms in total. The molecule has 1 amide bonds. The first kappa shape index (κ1) is 17.2. The third kappa shape index (κ3) is 4.47. The summed E-state index contributed by atoms with van der Waals surface area (Å²) in [5.41, 5.74) is 0.654. The van der Waals surface area contributed by atoms with Crippen LogP contribution in [0.25, 0.3) is 11.3 Å². The summed E-state index contributed by atoms with van der Waals surface area (Å²) in [6.45, 7) is 1.14. The van der Waals surface area contributed by atoms with E-state index in [9.17, 15) is 14.0 Å². The zero-order valence-electron chi connectivity index (χ0n) is 13.9. The van der Waals surface area contributed by atoms with Crippen LogP contribution in [-0.2, 0) is 9.53 Å². The summed E-state index contributed by atoms with van der Waals surface area (Å²) in [7, 11) is 0. The molecule has 0 unspecified atom stereocenters. The minimum atomic E-state index is -0.684. The number of ether oxygens (including phenoxy) is 1. The van der Waals surface area contributed by atoms with E-state index in [1.54, 1.807) is 23.1 Å². The maximum Gasteiger partial charge on any atom is 0.374 e. The van der Waals surface area contributed by atoms with Crippen LogP contribution in [0.3, 0.4) is 0 Å². The Bertz CT molecular complexity index is 730. The molecular formula is C19H20FNO4. The summed E-state index contributed by atoms with van der Waals surface area (Å²) >= 11 is 0. The van der Waals surface area contributed by atoms with Gasteiger partial charge in [0.05, 0.1) is 0 Å². The highest BCUT2D eigenvalue weighted by molar-refractivity contribution is 5.89. The molecule has 3 rings (SSSR count). The molecule has 0 radical (unpaired) electrons. The van der Waals surface area contributed by atoms with Gasteiger partial charge >= 0.3 is 5.97 Å². The maximum absolute atomic E-state index is 13.0. The fourth-order valence-electron chi connectivity index (χ4n) is 2.83. The monoisotopic (exact) mass is 345 g/mol. The van der Waals surface area contributed by atoms with Crippen molar-refractivity contribution in [3.05, 3.63) is 48.0 Å². The van der Waals surface area contributed by atoms with Crippen LogP contribution < -0.4 is 0 Å². The molecule has 25 heavy (non-hydrogen) atoms. The Morgan fingerprint density at radius 1 is 1.00 bits per heavy atom. The number of likely N-dealkylation sites (tertiary alicyclic amines) is 1. The van der Waals surface area contributed by atoms with Gasteiger partial charge in [-0.05, 0) is 49.2 Å². The summed E-state index contributed by atoms with van der Waals surface area (Å²) in [5, 5.41) is 0. The number of benzene rings is 1. The molecule has 0 aliphatic carbocycles. The molecule has 0 bridgehead atoms. The van der Waals surface area contributed by atoms with Crippen molar-refractivity contribution in [1.82, 2.24) is 4.90 Å². The Balaban J connectivity index is 1.56. The fourth-order valence-corrected chi connectivity index (χ4v) is 2.83. The van der Waals surface area contributed by atoms with Crippen LogP contribution in [0.15, 0.2) is 40.8 Å². The molecule has 1 aromatic carbocycles. The number of nitrogens with zero attached hydrogens (tertiary/aromatic N) is 1. The molecule has 2 heterocycles. The van der Waals surface area contributed by atoms with Gasteiger partial charge in [0, 0.05) is 18.7 Å². The number of esters is 1. The zero-order valence-corrected chi connectivity index (χ0v) is 13.9. The van der Waals surface area contributed by atoms with Crippen molar-refractivity contribution in [3.8, 4) is 11.3 Å². The van der Waals surface area contributed by atoms with E-state index in [1.165, 1.54) is 18.2 Å². The molecule has 0 atom stereocenters. The zero-order chi connectivity index (χ0) is 17.6. The second kappa shape index (κ2) is 7.96. The predicted octanol–water partition coefficient (Wildman–Crippen LogP) is 3.65. The number of rotatable bonds is 4. The van der Waals surface area contributed by atoms with Crippen molar-refractivity contribution in [3.63, 3.8) is 0 Å². The van der Waals surface area contributed by atoms with E-state index in [4.69, 9.17) is 9.15 Å². The van der Waals surface area contributed by atoms with Crippen molar-refractivity contribution in [2.24, 2.45) is 0 Å². The smallest absolute Gasteiger partial charge is 0.374 e. The minimum Gasteiger partial charge on any atom is -0.450 e. The minimum absolute atomic E-state index is 0.0167. The lowest BCUT2D eigenvalue weighted by Gasteiger charge is -2.19. The number of carbonyl (C=O) groups excluding carboxylic acids is 2. The van der Waals surface area contributed by atoms with Crippen LogP contribution >= 0.6 is 0 Å². The van der Waals surface area contributed by atoms with Gasteiger partial charge in [-0.3, -0.25) is 4.79 Å². The highest BCUT2D eigenvalue weighted by Gasteiger charge is 2.19. The molecule has 1 aromatic heterocycles. The van der Waals surface area contributed by atoms with E-state index in [0.717, 1.165) is 25.7 Å². The Hall–Kier alpha value is -2.63. The van der Waals surface area contributed by atoms with Gasteiger partial charge in [-0.15, -0.1) is 0 Å². The first-order chi connectivity index (χ1) is 12.1. The third-order valence-electron chi connectivity index (χ3n) is 4.22. The number of hydrogen-bond acceptors (Lipinski definition) is 4. The molecule has 1 fully saturated rings. The van der Waals surface area contributed by atoms with Crippen LogP contribution in [0, 0.1) is 5.82 Å². The Morgan fingerprint density at radius 2 is 1.68 bits per heavy atom. The molecule has 1 aliphatic rings. The predicted molar refractivity (Wildman–Crippen MR) is 89.4 cm³/mol. The lowest BCUT2D eigenvalue weighted by molar-refractivity contribution is -0.134. The average Bonchev–Trinajstić information content (AvgIpc) is 2.95. The molecule has 0 spiro atoms. The molecule has 2 aromatic rings. The second-order valence-electron chi connectivity index (χ2n) is 6.04. The average molecular weight is 345 g/mol. The van der Waals surface area contributed by atoms with E-state index in [1.807, 2.05) is 0 Å². The number of carbonyl (C=O) groups is 2. The lowest BCUT2D eigenvalue weighted by Crippen LogP contribution is -2.35. The number of furan rings is 1. The highest BCUT2D eigenvalue weighted by Crippen LogP contribution is 2.22. The highest BCUT2D eigenvalue weighted by atomic mass is 19.1. The van der Waals surface area contributed by atoms with E-state index >= 15 is 0 Å². The third-order valence-corrected chi connectivity index (χ3v) is 4.22. The quantitative estimate of drug-likeness (QED) is 0.794. The van der Waals surface area contributed by atoms with Crippen LogP contribution in [0.1, 0.15) is 36.2 Å². The van der Waals surface area contributed by atoms with Crippen LogP contribution in [0.5, 0.6) is 0 Å². The Kier molecular flexibility index (Phi) is 5.48. The molecular weight excluding hydrogens is 325 g/mol. The number of hydrogen-bond donors (Lipinski definition) is 0. The van der Waals surface area contributed by atoms with Gasteiger partial charge in [-0.1, -0.05) is 12.8 Å². The lowest BCUT2D eigenvalue weighted by atomic mass is 10.2. The van der Waals surface area contributed by atoms with Crippen LogP contribution in [0.4, 0.5) is 4.39 Å². The van der Waals surface area contributed by atoms with Gasteiger partial charge in [-0.2, -0.15) is 0 Å².